The number of phenolic OH excluding ortho intramolecular Hbond substituents is 2. The maximum atomic E-state index is 11.2. The van der Waals surface area contributed by atoms with Gasteiger partial charge in [0.25, 0.3) is 0 Å². The van der Waals surface area contributed by atoms with Gasteiger partial charge in [-0.05, 0) is 48.2 Å². The Kier molecular flexibility index (Phi) is 4.44. The number of rotatable bonds is 5. The van der Waals surface area contributed by atoms with Crippen LogP contribution in [0.2, 0.25) is 0 Å². The quantitative estimate of drug-likeness (QED) is 0.684. The molecule has 0 amide bonds. The van der Waals surface area contributed by atoms with Crippen molar-refractivity contribution in [3.05, 3.63) is 59.7 Å². The summed E-state index contributed by atoms with van der Waals surface area (Å²) in [5.41, 5.74) is -1.95. The molecule has 0 fully saturated rings. The van der Waals surface area contributed by atoms with Crippen molar-refractivity contribution in [1.29, 1.82) is 0 Å². The lowest BCUT2D eigenvalue weighted by atomic mass is 9.70. The highest BCUT2D eigenvalue weighted by molar-refractivity contribution is 5.38. The number of aromatic hydroxyl groups is 2. The van der Waals surface area contributed by atoms with Crippen LogP contribution in [0.25, 0.3) is 0 Å². The van der Waals surface area contributed by atoms with Crippen LogP contribution in [0.5, 0.6) is 11.5 Å². The van der Waals surface area contributed by atoms with E-state index in [0.29, 0.717) is 24.0 Å². The Hall–Kier alpha value is -2.04. The van der Waals surface area contributed by atoms with Gasteiger partial charge in [-0.2, -0.15) is 0 Å². The SMILES string of the molecule is CCC(O)(c1ccc(O)cc1)C(O)(CC)c1ccc(O)cc1. The minimum atomic E-state index is -1.51. The molecule has 0 heterocycles. The van der Waals surface area contributed by atoms with E-state index in [1.807, 2.05) is 0 Å². The maximum absolute atomic E-state index is 11.2. The van der Waals surface area contributed by atoms with Crippen LogP contribution >= 0.6 is 0 Å². The molecule has 0 aliphatic heterocycles. The van der Waals surface area contributed by atoms with E-state index in [1.165, 1.54) is 24.3 Å². The van der Waals surface area contributed by atoms with Crippen molar-refractivity contribution in [1.82, 2.24) is 0 Å². The number of phenols is 2. The lowest BCUT2D eigenvalue weighted by Gasteiger charge is -2.43. The van der Waals surface area contributed by atoms with Gasteiger partial charge in [-0.1, -0.05) is 38.1 Å². The Morgan fingerprint density at radius 2 is 0.909 bits per heavy atom. The highest BCUT2D eigenvalue weighted by Crippen LogP contribution is 2.45. The van der Waals surface area contributed by atoms with Gasteiger partial charge >= 0.3 is 0 Å². The number of hydrogen-bond acceptors (Lipinski definition) is 4. The summed E-state index contributed by atoms with van der Waals surface area (Å²) in [5, 5.41) is 41.3. The van der Waals surface area contributed by atoms with Crippen molar-refractivity contribution in [2.24, 2.45) is 0 Å². The molecule has 0 aromatic heterocycles. The zero-order valence-corrected chi connectivity index (χ0v) is 12.8. The van der Waals surface area contributed by atoms with E-state index in [9.17, 15) is 20.4 Å². The van der Waals surface area contributed by atoms with Crippen molar-refractivity contribution in [3.63, 3.8) is 0 Å². The molecule has 2 rings (SSSR count). The smallest absolute Gasteiger partial charge is 0.122 e. The predicted octanol–water partition coefficient (Wildman–Crippen LogP) is 2.99. The van der Waals surface area contributed by atoms with Gasteiger partial charge in [0.2, 0.25) is 0 Å². The van der Waals surface area contributed by atoms with E-state index in [2.05, 4.69) is 0 Å². The zero-order valence-electron chi connectivity index (χ0n) is 12.8. The Morgan fingerprint density at radius 1 is 0.636 bits per heavy atom. The highest BCUT2D eigenvalue weighted by atomic mass is 16.4. The van der Waals surface area contributed by atoms with Crippen LogP contribution in [0, 0.1) is 0 Å². The molecule has 2 aromatic rings. The number of hydrogen-bond donors (Lipinski definition) is 4. The maximum Gasteiger partial charge on any atom is 0.122 e. The van der Waals surface area contributed by atoms with Gasteiger partial charge in [0.1, 0.15) is 22.7 Å². The third-order valence-electron chi connectivity index (χ3n) is 4.40. The molecular weight excluding hydrogens is 280 g/mol. The molecule has 22 heavy (non-hydrogen) atoms. The number of aliphatic hydroxyl groups is 2. The standard InChI is InChI=1S/C18H22O4/c1-3-17(21,13-5-9-15(19)10-6-13)18(22,4-2)14-7-11-16(20)12-8-14/h5-12,19-22H,3-4H2,1-2H3. The molecule has 0 aliphatic rings. The van der Waals surface area contributed by atoms with Crippen molar-refractivity contribution in [3.8, 4) is 11.5 Å². The van der Waals surface area contributed by atoms with Crippen LogP contribution in [0.3, 0.4) is 0 Å². The Morgan fingerprint density at radius 3 is 1.14 bits per heavy atom. The first-order valence-corrected chi connectivity index (χ1v) is 7.41. The Bertz CT molecular complexity index is 563. The fourth-order valence-corrected chi connectivity index (χ4v) is 2.95. The Balaban J connectivity index is 2.57. The summed E-state index contributed by atoms with van der Waals surface area (Å²) in [4.78, 5) is 0. The Labute approximate surface area is 130 Å². The molecule has 4 nitrogen and oxygen atoms in total. The molecule has 0 saturated carbocycles. The summed E-state index contributed by atoms with van der Waals surface area (Å²) in [6, 6.07) is 12.4. The molecule has 2 unspecified atom stereocenters. The number of benzene rings is 2. The molecule has 4 heteroatoms. The van der Waals surface area contributed by atoms with Crippen LogP contribution in [0.4, 0.5) is 0 Å². The topological polar surface area (TPSA) is 80.9 Å². The van der Waals surface area contributed by atoms with E-state index in [0.717, 1.165) is 0 Å². The summed E-state index contributed by atoms with van der Waals surface area (Å²) in [7, 11) is 0. The summed E-state index contributed by atoms with van der Waals surface area (Å²) in [5.74, 6) is 0.207. The first kappa shape index (κ1) is 16.3. The molecule has 0 saturated heterocycles. The van der Waals surface area contributed by atoms with Crippen molar-refractivity contribution in [2.75, 3.05) is 0 Å². The first-order valence-electron chi connectivity index (χ1n) is 7.41. The van der Waals surface area contributed by atoms with E-state index in [-0.39, 0.29) is 11.5 Å². The van der Waals surface area contributed by atoms with Gasteiger partial charge in [-0.25, -0.2) is 0 Å². The van der Waals surface area contributed by atoms with Crippen molar-refractivity contribution in [2.45, 2.75) is 37.9 Å². The molecule has 2 atom stereocenters. The van der Waals surface area contributed by atoms with E-state index >= 15 is 0 Å². The monoisotopic (exact) mass is 302 g/mol. The van der Waals surface area contributed by atoms with Crippen LogP contribution in [0.15, 0.2) is 48.5 Å². The predicted molar refractivity (Wildman–Crippen MR) is 84.6 cm³/mol. The van der Waals surface area contributed by atoms with Crippen LogP contribution < -0.4 is 0 Å². The second-order valence-electron chi connectivity index (χ2n) is 5.52. The largest absolute Gasteiger partial charge is 0.508 e. The molecule has 4 N–H and O–H groups in total. The summed E-state index contributed by atoms with van der Waals surface area (Å²) in [6.45, 7) is 3.60. The minimum absolute atomic E-state index is 0.104. The first-order chi connectivity index (χ1) is 10.4. The molecule has 0 radical (unpaired) electrons. The fraction of sp³-hybridized carbons (Fsp3) is 0.333. The van der Waals surface area contributed by atoms with Crippen molar-refractivity contribution >= 4 is 0 Å². The molecule has 0 bridgehead atoms. The van der Waals surface area contributed by atoms with Gasteiger partial charge in [0.15, 0.2) is 0 Å². The highest BCUT2D eigenvalue weighted by Gasteiger charge is 2.49. The zero-order chi connectivity index (χ0) is 16.4. The summed E-state index contributed by atoms with van der Waals surface area (Å²) >= 11 is 0. The molecule has 118 valence electrons. The molecule has 0 spiro atoms. The third-order valence-corrected chi connectivity index (χ3v) is 4.40. The van der Waals surface area contributed by atoms with Gasteiger partial charge in [-0.3, -0.25) is 0 Å². The van der Waals surface area contributed by atoms with Gasteiger partial charge in [0, 0.05) is 0 Å². The van der Waals surface area contributed by atoms with Crippen molar-refractivity contribution < 1.29 is 20.4 Å². The van der Waals surface area contributed by atoms with Crippen LogP contribution in [0.1, 0.15) is 37.8 Å². The van der Waals surface area contributed by atoms with E-state index in [1.54, 1.807) is 38.1 Å². The second-order valence-corrected chi connectivity index (χ2v) is 5.52. The normalized spacial score (nSPS) is 16.7. The van der Waals surface area contributed by atoms with Crippen LogP contribution in [-0.2, 0) is 11.2 Å². The average Bonchev–Trinajstić information content (AvgIpc) is 2.54. The van der Waals surface area contributed by atoms with Crippen LogP contribution in [-0.4, -0.2) is 20.4 Å². The molecule has 2 aromatic carbocycles. The summed E-state index contributed by atoms with van der Waals surface area (Å²) in [6.07, 6.45) is 0.589. The molecule has 0 aliphatic carbocycles. The van der Waals surface area contributed by atoms with E-state index in [4.69, 9.17) is 0 Å². The third kappa shape index (κ3) is 2.56. The van der Waals surface area contributed by atoms with Gasteiger partial charge in [0.05, 0.1) is 0 Å². The summed E-state index contributed by atoms with van der Waals surface area (Å²) < 4.78 is 0. The van der Waals surface area contributed by atoms with Gasteiger partial charge < -0.3 is 20.4 Å². The lowest BCUT2D eigenvalue weighted by Crippen LogP contribution is -2.48. The molecular formula is C18H22O4. The van der Waals surface area contributed by atoms with E-state index < -0.39 is 11.2 Å². The minimum Gasteiger partial charge on any atom is -0.508 e. The van der Waals surface area contributed by atoms with Gasteiger partial charge in [-0.15, -0.1) is 0 Å². The lowest BCUT2D eigenvalue weighted by molar-refractivity contribution is -0.169. The average molecular weight is 302 g/mol. The fourth-order valence-electron chi connectivity index (χ4n) is 2.95. The second kappa shape index (κ2) is 5.99.